The lowest BCUT2D eigenvalue weighted by Gasteiger charge is -2.28. The van der Waals surface area contributed by atoms with Crippen LogP contribution in [0, 0.1) is 11.6 Å². The summed E-state index contributed by atoms with van der Waals surface area (Å²) in [6.07, 6.45) is 0.501. The molecular weight excluding hydrogens is 366 g/mol. The highest BCUT2D eigenvalue weighted by Crippen LogP contribution is 2.33. The lowest BCUT2D eigenvalue weighted by molar-refractivity contribution is -0.138. The van der Waals surface area contributed by atoms with Crippen LogP contribution in [0.2, 0.25) is 0 Å². The maximum absolute atomic E-state index is 13.6. The molecule has 5 rings (SSSR count). The molecule has 0 bridgehead atoms. The number of halogens is 2. The van der Waals surface area contributed by atoms with E-state index in [1.807, 2.05) is 24.3 Å². The smallest absolute Gasteiger partial charge is 0.264 e. The quantitative estimate of drug-likeness (QED) is 0.681. The minimum atomic E-state index is -0.949. The third-order valence-electron chi connectivity index (χ3n) is 5.25. The highest BCUT2D eigenvalue weighted by atomic mass is 19.2. The number of carbonyl (C=O) groups excluding carboxylic acids is 1. The molecule has 0 spiro atoms. The van der Waals surface area contributed by atoms with Crippen molar-refractivity contribution in [1.82, 2.24) is 10.1 Å². The van der Waals surface area contributed by atoms with Crippen LogP contribution in [-0.4, -0.2) is 28.6 Å². The van der Waals surface area contributed by atoms with Gasteiger partial charge >= 0.3 is 0 Å². The molecule has 2 aliphatic rings. The molecule has 1 aromatic heterocycles. The molecule has 1 amide bonds. The molecular formula is C21H16F2N2O3. The van der Waals surface area contributed by atoms with Gasteiger partial charge in [0.25, 0.3) is 5.91 Å². The van der Waals surface area contributed by atoms with E-state index in [0.717, 1.165) is 29.0 Å². The van der Waals surface area contributed by atoms with E-state index in [9.17, 15) is 13.6 Å². The molecule has 0 saturated heterocycles. The summed E-state index contributed by atoms with van der Waals surface area (Å²) in [7, 11) is 0. The number of aromatic nitrogens is 1. The van der Waals surface area contributed by atoms with Gasteiger partial charge in [-0.2, -0.15) is 0 Å². The predicted molar refractivity (Wildman–Crippen MR) is 95.5 cm³/mol. The largest absolute Gasteiger partial charge is 0.480 e. The molecule has 28 heavy (non-hydrogen) atoms. The second kappa shape index (κ2) is 6.44. The summed E-state index contributed by atoms with van der Waals surface area (Å²) in [6, 6.07) is 11.2. The van der Waals surface area contributed by atoms with Gasteiger partial charge in [0.2, 0.25) is 0 Å². The molecule has 7 heteroatoms. The fourth-order valence-electron chi connectivity index (χ4n) is 3.79. The topological polar surface area (TPSA) is 55.6 Å². The van der Waals surface area contributed by atoms with Gasteiger partial charge in [-0.15, -0.1) is 0 Å². The van der Waals surface area contributed by atoms with E-state index >= 15 is 0 Å². The second-order valence-corrected chi connectivity index (χ2v) is 6.99. The van der Waals surface area contributed by atoms with Crippen molar-refractivity contribution in [2.45, 2.75) is 25.5 Å². The standard InChI is InChI=1S/C21H16F2N2O3/c22-15-6-5-13(9-16(15)23)20-14-11-25(8-7-18(14)28-24-20)21(26)19-10-12-3-1-2-4-17(12)27-19/h1-6,9,19H,7-8,10-11H2/t19-/m1/s1. The Balaban J connectivity index is 1.39. The minimum Gasteiger partial charge on any atom is -0.480 e. The van der Waals surface area contributed by atoms with Crippen LogP contribution in [0.4, 0.5) is 8.78 Å². The molecule has 0 saturated carbocycles. The Morgan fingerprint density at radius 2 is 2.00 bits per heavy atom. The fraction of sp³-hybridized carbons (Fsp3) is 0.238. The average molecular weight is 382 g/mol. The molecule has 142 valence electrons. The van der Waals surface area contributed by atoms with Gasteiger partial charge in [0.15, 0.2) is 17.7 Å². The molecule has 3 aromatic rings. The highest BCUT2D eigenvalue weighted by molar-refractivity contribution is 5.83. The van der Waals surface area contributed by atoms with E-state index in [0.29, 0.717) is 42.9 Å². The van der Waals surface area contributed by atoms with Crippen LogP contribution in [0.1, 0.15) is 16.9 Å². The number of fused-ring (bicyclic) bond motifs is 2. The maximum atomic E-state index is 13.6. The maximum Gasteiger partial charge on any atom is 0.264 e. The van der Waals surface area contributed by atoms with Crippen LogP contribution < -0.4 is 4.74 Å². The lowest BCUT2D eigenvalue weighted by atomic mass is 10.0. The molecule has 2 aromatic carbocycles. The van der Waals surface area contributed by atoms with Gasteiger partial charge in [-0.3, -0.25) is 4.79 Å². The number of benzene rings is 2. The van der Waals surface area contributed by atoms with Crippen molar-refractivity contribution in [2.75, 3.05) is 6.54 Å². The Morgan fingerprint density at radius 3 is 2.82 bits per heavy atom. The third kappa shape index (κ3) is 2.74. The first-order valence-corrected chi connectivity index (χ1v) is 9.06. The van der Waals surface area contributed by atoms with E-state index < -0.39 is 17.7 Å². The van der Waals surface area contributed by atoms with Gasteiger partial charge in [0, 0.05) is 30.5 Å². The molecule has 0 unspecified atom stereocenters. The molecule has 0 aliphatic carbocycles. The molecule has 1 atom stereocenters. The lowest BCUT2D eigenvalue weighted by Crippen LogP contribution is -2.43. The molecule has 5 nitrogen and oxygen atoms in total. The van der Waals surface area contributed by atoms with Crippen molar-refractivity contribution < 1.29 is 22.8 Å². The van der Waals surface area contributed by atoms with Gasteiger partial charge in [0.05, 0.1) is 6.54 Å². The first-order chi connectivity index (χ1) is 13.6. The Morgan fingerprint density at radius 1 is 1.14 bits per heavy atom. The van der Waals surface area contributed by atoms with Crippen molar-refractivity contribution >= 4 is 5.91 Å². The number of nitrogens with zero attached hydrogens (tertiary/aromatic N) is 2. The summed E-state index contributed by atoms with van der Waals surface area (Å²) < 4.78 is 38.1. The predicted octanol–water partition coefficient (Wildman–Crippen LogP) is 3.51. The van der Waals surface area contributed by atoms with Gasteiger partial charge < -0.3 is 14.2 Å². The monoisotopic (exact) mass is 382 g/mol. The van der Waals surface area contributed by atoms with Gasteiger partial charge in [-0.1, -0.05) is 23.4 Å². The van der Waals surface area contributed by atoms with Crippen LogP contribution in [0.25, 0.3) is 11.3 Å². The van der Waals surface area contributed by atoms with Crippen LogP contribution in [0.5, 0.6) is 5.75 Å². The number of para-hydroxylation sites is 1. The van der Waals surface area contributed by atoms with Crippen LogP contribution >= 0.6 is 0 Å². The molecule has 0 fully saturated rings. The summed E-state index contributed by atoms with van der Waals surface area (Å²) in [5, 5.41) is 4.03. The van der Waals surface area contributed by atoms with E-state index in [4.69, 9.17) is 9.26 Å². The molecule has 2 aliphatic heterocycles. The normalized spacial score (nSPS) is 17.8. The van der Waals surface area contributed by atoms with Crippen molar-refractivity contribution in [2.24, 2.45) is 0 Å². The zero-order valence-corrected chi connectivity index (χ0v) is 14.8. The Bertz CT molecular complexity index is 1050. The number of amides is 1. The summed E-state index contributed by atoms with van der Waals surface area (Å²) in [5.41, 5.74) is 2.59. The third-order valence-corrected chi connectivity index (χ3v) is 5.25. The van der Waals surface area contributed by atoms with Crippen LogP contribution in [-0.2, 0) is 24.2 Å². The zero-order chi connectivity index (χ0) is 19.3. The van der Waals surface area contributed by atoms with Gasteiger partial charge in [0.1, 0.15) is 17.2 Å². The zero-order valence-electron chi connectivity index (χ0n) is 14.8. The Labute approximate surface area is 159 Å². The van der Waals surface area contributed by atoms with Crippen LogP contribution in [0.3, 0.4) is 0 Å². The molecule has 0 radical (unpaired) electrons. The van der Waals surface area contributed by atoms with E-state index in [2.05, 4.69) is 5.16 Å². The van der Waals surface area contributed by atoms with Crippen molar-refractivity contribution in [3.8, 4) is 17.0 Å². The number of hydrogen-bond acceptors (Lipinski definition) is 4. The van der Waals surface area contributed by atoms with Crippen molar-refractivity contribution in [3.05, 3.63) is 71.0 Å². The van der Waals surface area contributed by atoms with E-state index in [1.54, 1.807) is 4.90 Å². The first-order valence-electron chi connectivity index (χ1n) is 9.06. The fourth-order valence-corrected chi connectivity index (χ4v) is 3.79. The number of ether oxygens (including phenoxy) is 1. The number of hydrogen-bond donors (Lipinski definition) is 0. The van der Waals surface area contributed by atoms with Crippen LogP contribution in [0.15, 0.2) is 47.0 Å². The second-order valence-electron chi connectivity index (χ2n) is 6.99. The summed E-state index contributed by atoms with van der Waals surface area (Å²) in [4.78, 5) is 14.7. The van der Waals surface area contributed by atoms with Crippen molar-refractivity contribution in [1.29, 1.82) is 0 Å². The first kappa shape index (κ1) is 16.9. The molecule has 3 heterocycles. The Kier molecular flexibility index (Phi) is 3.89. The average Bonchev–Trinajstić information content (AvgIpc) is 3.33. The number of carbonyl (C=O) groups is 1. The SMILES string of the molecule is O=C([C@H]1Cc2ccccc2O1)N1CCc2onc(-c3ccc(F)c(F)c3)c2C1. The van der Waals surface area contributed by atoms with Gasteiger partial charge in [-0.25, -0.2) is 8.78 Å². The summed E-state index contributed by atoms with van der Waals surface area (Å²) >= 11 is 0. The summed E-state index contributed by atoms with van der Waals surface area (Å²) in [5.74, 6) is -0.560. The summed E-state index contributed by atoms with van der Waals surface area (Å²) in [6.45, 7) is 0.788. The van der Waals surface area contributed by atoms with Crippen molar-refractivity contribution in [3.63, 3.8) is 0 Å². The minimum absolute atomic E-state index is 0.0979. The highest BCUT2D eigenvalue weighted by Gasteiger charge is 2.35. The molecule has 0 N–H and O–H groups in total. The van der Waals surface area contributed by atoms with E-state index in [1.165, 1.54) is 6.07 Å². The van der Waals surface area contributed by atoms with Gasteiger partial charge in [-0.05, 0) is 29.8 Å². The van der Waals surface area contributed by atoms with E-state index in [-0.39, 0.29) is 5.91 Å². The number of rotatable bonds is 2. The Hall–Kier alpha value is -3.22.